The first kappa shape index (κ1) is 7.91. The third-order valence-electron chi connectivity index (χ3n) is 1.68. The summed E-state index contributed by atoms with van der Waals surface area (Å²) < 4.78 is 13.6. The Morgan fingerprint density at radius 1 is 1.25 bits per heavy atom. The smallest absolute Gasteiger partial charge is 0.123 e. The molecular formula is C9H5FIN. The average molecular weight is 273 g/mol. The summed E-state index contributed by atoms with van der Waals surface area (Å²) in [6.45, 7) is 0. The summed E-state index contributed by atoms with van der Waals surface area (Å²) in [5.74, 6) is -0.214. The van der Waals surface area contributed by atoms with Crippen LogP contribution in [0.15, 0.2) is 30.5 Å². The fraction of sp³-hybridized carbons (Fsp3) is 0. The molecule has 0 aliphatic heterocycles. The quantitative estimate of drug-likeness (QED) is 0.531. The molecule has 1 heterocycles. The van der Waals surface area contributed by atoms with E-state index in [1.54, 1.807) is 12.3 Å². The lowest BCUT2D eigenvalue weighted by Crippen LogP contribution is -1.83. The van der Waals surface area contributed by atoms with E-state index in [2.05, 4.69) is 27.6 Å². The molecule has 0 bridgehead atoms. The Kier molecular flexibility index (Phi) is 1.96. The van der Waals surface area contributed by atoms with Crippen LogP contribution >= 0.6 is 22.6 Å². The van der Waals surface area contributed by atoms with E-state index in [9.17, 15) is 4.39 Å². The maximum absolute atomic E-state index is 12.8. The van der Waals surface area contributed by atoms with Crippen LogP contribution in [0.25, 0.3) is 10.8 Å². The van der Waals surface area contributed by atoms with E-state index in [-0.39, 0.29) is 5.82 Å². The van der Waals surface area contributed by atoms with Crippen molar-refractivity contribution in [3.8, 4) is 0 Å². The van der Waals surface area contributed by atoms with E-state index in [1.165, 1.54) is 12.1 Å². The zero-order chi connectivity index (χ0) is 8.55. The fourth-order valence-electron chi connectivity index (χ4n) is 1.11. The molecule has 0 N–H and O–H groups in total. The molecule has 0 saturated carbocycles. The molecule has 0 spiro atoms. The molecule has 1 aromatic heterocycles. The van der Waals surface area contributed by atoms with Gasteiger partial charge in [-0.2, -0.15) is 0 Å². The first-order valence-corrected chi connectivity index (χ1v) is 4.55. The summed E-state index contributed by atoms with van der Waals surface area (Å²) in [6.07, 6.45) is 1.72. The number of benzene rings is 1. The summed E-state index contributed by atoms with van der Waals surface area (Å²) in [6, 6.07) is 6.59. The first-order chi connectivity index (χ1) is 5.77. The lowest BCUT2D eigenvalue weighted by atomic mass is 10.2. The molecule has 1 aromatic carbocycles. The third-order valence-corrected chi connectivity index (χ3v) is 2.54. The standard InChI is InChI=1S/C9H5FIN/c10-7-2-1-6-3-4-12-9(11)8(6)5-7/h1-5H. The maximum Gasteiger partial charge on any atom is 0.123 e. The molecule has 0 amide bonds. The van der Waals surface area contributed by atoms with Crippen molar-refractivity contribution in [3.05, 3.63) is 40.0 Å². The van der Waals surface area contributed by atoms with Gasteiger partial charge in [0.25, 0.3) is 0 Å². The van der Waals surface area contributed by atoms with Crippen molar-refractivity contribution >= 4 is 33.4 Å². The minimum absolute atomic E-state index is 0.214. The highest BCUT2D eigenvalue weighted by atomic mass is 127. The number of rotatable bonds is 0. The molecule has 60 valence electrons. The molecule has 0 aliphatic carbocycles. The molecule has 0 saturated heterocycles. The van der Waals surface area contributed by atoms with Gasteiger partial charge >= 0.3 is 0 Å². The lowest BCUT2D eigenvalue weighted by molar-refractivity contribution is 0.629. The van der Waals surface area contributed by atoms with Gasteiger partial charge in [-0.05, 0) is 46.2 Å². The highest BCUT2D eigenvalue weighted by Crippen LogP contribution is 2.18. The number of halogens is 2. The van der Waals surface area contributed by atoms with E-state index in [0.29, 0.717) is 0 Å². The van der Waals surface area contributed by atoms with Crippen LogP contribution in [-0.2, 0) is 0 Å². The molecule has 0 fully saturated rings. The van der Waals surface area contributed by atoms with Crippen molar-refractivity contribution in [2.75, 3.05) is 0 Å². The number of hydrogen-bond donors (Lipinski definition) is 0. The maximum atomic E-state index is 12.8. The van der Waals surface area contributed by atoms with Crippen molar-refractivity contribution in [1.29, 1.82) is 0 Å². The molecule has 0 unspecified atom stereocenters. The zero-order valence-corrected chi connectivity index (χ0v) is 8.25. The van der Waals surface area contributed by atoms with Gasteiger partial charge in [-0.1, -0.05) is 6.07 Å². The zero-order valence-electron chi connectivity index (χ0n) is 6.09. The molecule has 0 atom stereocenters. The molecular weight excluding hydrogens is 268 g/mol. The molecule has 0 aliphatic rings. The highest BCUT2D eigenvalue weighted by molar-refractivity contribution is 14.1. The number of aromatic nitrogens is 1. The summed E-state index contributed by atoms with van der Waals surface area (Å²) in [5.41, 5.74) is 0. The minimum Gasteiger partial charge on any atom is -0.250 e. The van der Waals surface area contributed by atoms with E-state index < -0.39 is 0 Å². The Bertz CT molecular complexity index is 428. The second-order valence-electron chi connectivity index (χ2n) is 2.47. The van der Waals surface area contributed by atoms with Gasteiger partial charge in [0.2, 0.25) is 0 Å². The summed E-state index contributed by atoms with van der Waals surface area (Å²) >= 11 is 2.10. The highest BCUT2D eigenvalue weighted by Gasteiger charge is 1.99. The number of pyridine rings is 1. The van der Waals surface area contributed by atoms with Gasteiger partial charge in [-0.3, -0.25) is 0 Å². The van der Waals surface area contributed by atoms with Gasteiger partial charge < -0.3 is 0 Å². The Labute approximate surface area is 82.8 Å². The van der Waals surface area contributed by atoms with Gasteiger partial charge in [-0.15, -0.1) is 0 Å². The lowest BCUT2D eigenvalue weighted by Gasteiger charge is -1.98. The summed E-state index contributed by atoms with van der Waals surface area (Å²) in [5, 5.41) is 1.90. The molecule has 0 radical (unpaired) electrons. The van der Waals surface area contributed by atoms with Gasteiger partial charge in [0.15, 0.2) is 0 Å². The minimum atomic E-state index is -0.214. The molecule has 2 rings (SSSR count). The predicted octanol–water partition coefficient (Wildman–Crippen LogP) is 2.98. The van der Waals surface area contributed by atoms with Crippen LogP contribution in [0.5, 0.6) is 0 Å². The largest absolute Gasteiger partial charge is 0.250 e. The van der Waals surface area contributed by atoms with Crippen molar-refractivity contribution in [2.24, 2.45) is 0 Å². The second kappa shape index (κ2) is 2.97. The normalized spacial score (nSPS) is 10.5. The van der Waals surface area contributed by atoms with Crippen molar-refractivity contribution in [2.45, 2.75) is 0 Å². The van der Waals surface area contributed by atoms with Gasteiger partial charge in [0.1, 0.15) is 9.52 Å². The number of fused-ring (bicyclic) bond motifs is 1. The van der Waals surface area contributed by atoms with Crippen LogP contribution in [-0.4, -0.2) is 4.98 Å². The second-order valence-corrected chi connectivity index (χ2v) is 3.49. The van der Waals surface area contributed by atoms with Gasteiger partial charge in [-0.25, -0.2) is 9.37 Å². The van der Waals surface area contributed by atoms with Gasteiger partial charge in [0.05, 0.1) is 0 Å². The Hall–Kier alpha value is -0.710. The van der Waals surface area contributed by atoms with E-state index in [0.717, 1.165) is 14.5 Å². The van der Waals surface area contributed by atoms with Crippen LogP contribution in [0, 0.1) is 9.52 Å². The van der Waals surface area contributed by atoms with E-state index in [1.807, 2.05) is 6.07 Å². The molecule has 1 nitrogen and oxygen atoms in total. The van der Waals surface area contributed by atoms with E-state index >= 15 is 0 Å². The SMILES string of the molecule is Fc1ccc2ccnc(I)c2c1. The first-order valence-electron chi connectivity index (χ1n) is 3.47. The Morgan fingerprint density at radius 2 is 2.08 bits per heavy atom. The van der Waals surface area contributed by atoms with Crippen LogP contribution in [0.4, 0.5) is 4.39 Å². The van der Waals surface area contributed by atoms with Crippen molar-refractivity contribution in [1.82, 2.24) is 4.98 Å². The monoisotopic (exact) mass is 273 g/mol. The third kappa shape index (κ3) is 1.29. The summed E-state index contributed by atoms with van der Waals surface area (Å²) in [7, 11) is 0. The molecule has 2 aromatic rings. The number of hydrogen-bond acceptors (Lipinski definition) is 1. The number of nitrogens with zero attached hydrogens (tertiary/aromatic N) is 1. The molecule has 12 heavy (non-hydrogen) atoms. The Morgan fingerprint density at radius 3 is 2.92 bits per heavy atom. The van der Waals surface area contributed by atoms with Crippen molar-refractivity contribution in [3.63, 3.8) is 0 Å². The van der Waals surface area contributed by atoms with Crippen LogP contribution < -0.4 is 0 Å². The fourth-order valence-corrected chi connectivity index (χ4v) is 1.73. The van der Waals surface area contributed by atoms with Gasteiger partial charge in [0, 0.05) is 11.6 Å². The van der Waals surface area contributed by atoms with Crippen LogP contribution in [0.1, 0.15) is 0 Å². The van der Waals surface area contributed by atoms with Crippen LogP contribution in [0.3, 0.4) is 0 Å². The van der Waals surface area contributed by atoms with E-state index in [4.69, 9.17) is 0 Å². The van der Waals surface area contributed by atoms with Crippen molar-refractivity contribution < 1.29 is 4.39 Å². The topological polar surface area (TPSA) is 12.9 Å². The Balaban J connectivity index is 2.88. The average Bonchev–Trinajstić information content (AvgIpc) is 2.07. The molecule has 3 heteroatoms. The summed E-state index contributed by atoms with van der Waals surface area (Å²) in [4.78, 5) is 4.07. The van der Waals surface area contributed by atoms with Crippen LogP contribution in [0.2, 0.25) is 0 Å². The predicted molar refractivity (Wildman–Crippen MR) is 54.4 cm³/mol.